The van der Waals surface area contributed by atoms with Crippen molar-refractivity contribution in [3.05, 3.63) is 11.1 Å². The number of ether oxygens (including phenoxy) is 3. The Morgan fingerprint density at radius 2 is 1.65 bits per heavy atom. The summed E-state index contributed by atoms with van der Waals surface area (Å²) in [5, 5.41) is 46.5. The van der Waals surface area contributed by atoms with E-state index in [0.717, 1.165) is 0 Å². The number of aliphatic hydroxyl groups excluding tert-OH is 2. The SMILES string of the molecule is CC1=C2C(O)C(=O)C3(C)C(OC(=O)OC(C)(C)C(Cl)(Cl)Cl)CC4OCC4(O)C3C(C)C(O)(CC1O)C2(C)C.[Ac].[Ac]. The number of hydrogen-bond acceptors (Lipinski definition) is 9. The maximum absolute atomic E-state index is 14.3. The number of fused-ring (bicyclic) bond motifs is 5. The molecule has 14 heteroatoms. The Kier molecular flexibility index (Phi) is 11.6. The van der Waals surface area contributed by atoms with Gasteiger partial charge in [-0.05, 0) is 44.8 Å². The van der Waals surface area contributed by atoms with Gasteiger partial charge in [0.05, 0.1) is 29.8 Å². The molecule has 1 saturated heterocycles. The van der Waals surface area contributed by atoms with E-state index in [2.05, 4.69) is 0 Å². The van der Waals surface area contributed by atoms with Crippen molar-refractivity contribution in [2.75, 3.05) is 6.61 Å². The molecule has 9 unspecified atom stereocenters. The van der Waals surface area contributed by atoms with Gasteiger partial charge in [0.1, 0.15) is 17.8 Å². The molecular formula is C26H37Ac2Cl3O9. The van der Waals surface area contributed by atoms with Crippen molar-refractivity contribution in [2.45, 2.75) is 106 Å². The minimum absolute atomic E-state index is 0. The third-order valence-corrected chi connectivity index (χ3v) is 11.5. The monoisotopic (exact) mass is 1050 g/mol. The van der Waals surface area contributed by atoms with Gasteiger partial charge in [-0.1, -0.05) is 55.6 Å². The van der Waals surface area contributed by atoms with Crippen LogP contribution >= 0.6 is 34.8 Å². The van der Waals surface area contributed by atoms with Crippen LogP contribution in [-0.2, 0) is 19.0 Å². The molecule has 3 aliphatic carbocycles. The Bertz CT molecular complexity index is 1080. The first-order chi connectivity index (χ1) is 17.1. The van der Waals surface area contributed by atoms with Crippen LogP contribution in [0.4, 0.5) is 4.79 Å². The van der Waals surface area contributed by atoms with Gasteiger partial charge in [-0.15, -0.1) is 0 Å². The van der Waals surface area contributed by atoms with E-state index in [1.165, 1.54) is 20.8 Å². The van der Waals surface area contributed by atoms with E-state index in [9.17, 15) is 30.0 Å². The molecule has 222 valence electrons. The first-order valence-corrected chi connectivity index (χ1v) is 13.8. The second-order valence-electron chi connectivity index (χ2n) is 12.7. The summed E-state index contributed by atoms with van der Waals surface area (Å²) < 4.78 is 14.7. The molecule has 0 aromatic rings. The Balaban J connectivity index is 0.00000280. The van der Waals surface area contributed by atoms with Gasteiger partial charge in [-0.2, -0.15) is 0 Å². The normalized spacial score (nSPS) is 42.5. The van der Waals surface area contributed by atoms with Crippen molar-refractivity contribution in [1.82, 2.24) is 0 Å². The fraction of sp³-hybridized carbons (Fsp3) is 0.846. The molecule has 1 heterocycles. The number of carbonyl (C=O) groups is 2. The fourth-order valence-electron chi connectivity index (χ4n) is 7.56. The molecule has 0 spiro atoms. The third-order valence-electron chi connectivity index (χ3n) is 10.1. The van der Waals surface area contributed by atoms with Crippen molar-refractivity contribution in [3.63, 3.8) is 0 Å². The van der Waals surface area contributed by atoms with E-state index in [1.54, 1.807) is 27.7 Å². The van der Waals surface area contributed by atoms with Crippen molar-refractivity contribution in [3.8, 4) is 0 Å². The fourth-order valence-corrected chi connectivity index (χ4v) is 7.67. The number of carbonyl (C=O) groups excluding carboxylic acids is 2. The summed E-state index contributed by atoms with van der Waals surface area (Å²) >= 11 is 17.8. The van der Waals surface area contributed by atoms with Crippen LogP contribution in [-0.4, -0.2) is 84.0 Å². The average molecular weight is 1050 g/mol. The zero-order valence-corrected chi connectivity index (χ0v) is 35.5. The molecule has 0 amide bonds. The summed E-state index contributed by atoms with van der Waals surface area (Å²) in [6.07, 6.45) is -6.24. The van der Waals surface area contributed by atoms with Crippen molar-refractivity contribution in [2.24, 2.45) is 22.7 Å². The smallest absolute Gasteiger partial charge is 0.430 e. The number of hydrogen-bond donors (Lipinski definition) is 4. The Morgan fingerprint density at radius 1 is 1.10 bits per heavy atom. The number of Topliss-reactive ketones (excluding diaryl/α,β-unsaturated/α-hetero) is 1. The van der Waals surface area contributed by atoms with Crippen LogP contribution in [0.3, 0.4) is 0 Å². The number of halogens is 3. The molecule has 2 saturated carbocycles. The molecule has 40 heavy (non-hydrogen) atoms. The van der Waals surface area contributed by atoms with Gasteiger partial charge in [0.15, 0.2) is 11.4 Å². The Hall–Kier alpha value is 2.23. The van der Waals surface area contributed by atoms with Gasteiger partial charge in [-0.3, -0.25) is 4.79 Å². The molecule has 2 bridgehead atoms. The van der Waals surface area contributed by atoms with Crippen LogP contribution in [0.1, 0.15) is 61.3 Å². The van der Waals surface area contributed by atoms with Gasteiger partial charge in [0.25, 0.3) is 0 Å². The van der Waals surface area contributed by atoms with Gasteiger partial charge in [0.2, 0.25) is 3.79 Å². The first kappa shape index (κ1) is 38.4. The van der Waals surface area contributed by atoms with E-state index < -0.39 is 79.6 Å². The number of aliphatic hydroxyl groups is 4. The maximum Gasteiger partial charge on any atom is 0.509 e. The molecule has 1 aliphatic heterocycles. The summed E-state index contributed by atoms with van der Waals surface area (Å²) in [6.45, 7) is 11.0. The zero-order chi connectivity index (χ0) is 29.0. The van der Waals surface area contributed by atoms with E-state index in [0.29, 0.717) is 5.57 Å². The summed E-state index contributed by atoms with van der Waals surface area (Å²) in [5.74, 6) is -2.54. The average Bonchev–Trinajstić information content (AvgIpc) is 2.76. The van der Waals surface area contributed by atoms with Crippen molar-refractivity contribution < 1.29 is 132 Å². The number of ketones is 1. The topological polar surface area (TPSA) is 143 Å². The van der Waals surface area contributed by atoms with Crippen LogP contribution in [0.25, 0.3) is 0 Å². The summed E-state index contributed by atoms with van der Waals surface area (Å²) in [4.78, 5) is 27.3. The quantitative estimate of drug-likeness (QED) is 0.187. The molecule has 4 aliphatic rings. The Morgan fingerprint density at radius 3 is 2.12 bits per heavy atom. The van der Waals surface area contributed by atoms with Crippen LogP contribution in [0, 0.1) is 111 Å². The minimum atomic E-state index is -1.99. The van der Waals surface area contributed by atoms with E-state index in [1.807, 2.05) is 0 Å². The first-order valence-electron chi connectivity index (χ1n) is 12.7. The predicted octanol–water partition coefficient (Wildman–Crippen LogP) is 3.23. The van der Waals surface area contributed by atoms with Gasteiger partial charge in [-0.25, -0.2) is 4.79 Å². The number of rotatable bonds is 2. The molecule has 0 aromatic carbocycles. The molecule has 9 nitrogen and oxygen atoms in total. The summed E-state index contributed by atoms with van der Waals surface area (Å²) in [7, 11) is 0. The van der Waals surface area contributed by atoms with Crippen molar-refractivity contribution in [1.29, 1.82) is 0 Å². The van der Waals surface area contributed by atoms with E-state index >= 15 is 0 Å². The van der Waals surface area contributed by atoms with Crippen LogP contribution in [0.2, 0.25) is 0 Å². The van der Waals surface area contributed by atoms with Crippen LogP contribution in [0.15, 0.2) is 11.1 Å². The van der Waals surface area contributed by atoms with Gasteiger partial charge < -0.3 is 34.6 Å². The molecule has 3 fully saturated rings. The zero-order valence-electron chi connectivity index (χ0n) is 23.7. The molecule has 4 N–H and O–H groups in total. The number of alkyl halides is 3. The van der Waals surface area contributed by atoms with Crippen LogP contribution in [0.5, 0.6) is 0 Å². The summed E-state index contributed by atoms with van der Waals surface area (Å²) in [5.41, 5.74) is -7.01. The van der Waals surface area contributed by atoms with E-state index in [4.69, 9.17) is 49.0 Å². The molecule has 2 radical (unpaired) electrons. The Labute approximate surface area is 321 Å². The molecule has 9 atom stereocenters. The minimum Gasteiger partial charge on any atom is -0.430 e. The van der Waals surface area contributed by atoms with E-state index in [-0.39, 0.29) is 113 Å². The standard InChI is InChI=1S/C26H37Cl3O9.2Ac/c1-11-13(30)9-25(35)12(2)18-23(7,19(32)17(31)16(11)21(25,3)4)14(8-15-24(18,34)10-36-15)37-20(33)38-22(5,6)26(27,28)29;;/h12-15,17-18,30-31,34-35H,8-10H2,1-7H3;;. The molecule has 4 rings (SSSR count). The van der Waals surface area contributed by atoms with Crippen molar-refractivity contribution >= 4 is 46.7 Å². The summed E-state index contributed by atoms with van der Waals surface area (Å²) in [6, 6.07) is 0. The second kappa shape index (κ2) is 12.1. The van der Waals surface area contributed by atoms with Gasteiger partial charge >= 0.3 is 6.16 Å². The van der Waals surface area contributed by atoms with Crippen LogP contribution < -0.4 is 0 Å². The predicted molar refractivity (Wildman–Crippen MR) is 139 cm³/mol. The maximum atomic E-state index is 14.3. The molecule has 0 aromatic heterocycles. The second-order valence-corrected chi connectivity index (χ2v) is 15.0. The third kappa shape index (κ3) is 5.49. The van der Waals surface area contributed by atoms with Gasteiger partial charge in [0, 0.05) is 112 Å². The largest absolute Gasteiger partial charge is 0.509 e. The molecular weight excluding hydrogens is 1020 g/mol.